The van der Waals surface area contributed by atoms with E-state index in [2.05, 4.69) is 20.5 Å². The zero-order valence-electron chi connectivity index (χ0n) is 15.7. The Kier molecular flexibility index (Phi) is 5.37. The Morgan fingerprint density at radius 2 is 1.75 bits per heavy atom. The van der Waals surface area contributed by atoms with Crippen molar-refractivity contribution < 1.29 is 9.59 Å². The van der Waals surface area contributed by atoms with Crippen molar-refractivity contribution in [2.24, 2.45) is 0 Å². The molecule has 4 rings (SSSR count). The van der Waals surface area contributed by atoms with Gasteiger partial charge in [-0.3, -0.25) is 14.6 Å². The van der Waals surface area contributed by atoms with Gasteiger partial charge in [-0.2, -0.15) is 0 Å². The number of benzene rings is 1. The molecule has 1 saturated heterocycles. The molecule has 2 aromatic rings. The van der Waals surface area contributed by atoms with Crippen LogP contribution in [0.2, 0.25) is 0 Å². The molecule has 3 heterocycles. The van der Waals surface area contributed by atoms with Gasteiger partial charge in [-0.1, -0.05) is 0 Å². The highest BCUT2D eigenvalue weighted by molar-refractivity contribution is 6.03. The Labute approximate surface area is 164 Å². The molecule has 1 fully saturated rings. The van der Waals surface area contributed by atoms with Crippen LogP contribution in [0, 0.1) is 0 Å². The Morgan fingerprint density at radius 1 is 1.04 bits per heavy atom. The third kappa shape index (κ3) is 4.06. The number of amides is 2. The first-order valence-electron chi connectivity index (χ1n) is 9.77. The van der Waals surface area contributed by atoms with Gasteiger partial charge in [-0.05, 0) is 67.3 Å². The van der Waals surface area contributed by atoms with E-state index < -0.39 is 0 Å². The maximum Gasteiger partial charge on any atom is 0.267 e. The molecule has 2 aliphatic heterocycles. The number of rotatable bonds is 4. The van der Waals surface area contributed by atoms with Crippen LogP contribution in [0.4, 0.5) is 5.69 Å². The quantitative estimate of drug-likeness (QED) is 0.860. The van der Waals surface area contributed by atoms with Crippen LogP contribution in [0.5, 0.6) is 0 Å². The first-order chi connectivity index (χ1) is 13.7. The van der Waals surface area contributed by atoms with E-state index in [1.165, 1.54) is 19.3 Å². The van der Waals surface area contributed by atoms with Gasteiger partial charge in [0.15, 0.2) is 0 Å². The van der Waals surface area contributed by atoms with Crippen molar-refractivity contribution in [1.29, 1.82) is 0 Å². The smallest absolute Gasteiger partial charge is 0.267 e. The summed E-state index contributed by atoms with van der Waals surface area (Å²) in [5, 5.41) is 5.61. The van der Waals surface area contributed by atoms with Crippen molar-refractivity contribution in [3.63, 3.8) is 0 Å². The molecule has 2 N–H and O–H groups in total. The Hall–Kier alpha value is -3.15. The minimum absolute atomic E-state index is 0.0116. The molecule has 2 aliphatic rings. The molecular weight excluding hydrogens is 352 g/mol. The Balaban J connectivity index is 1.46. The monoisotopic (exact) mass is 376 g/mol. The predicted octanol–water partition coefficient (Wildman–Crippen LogP) is 2.60. The minimum Gasteiger partial charge on any atom is -0.372 e. The van der Waals surface area contributed by atoms with Crippen molar-refractivity contribution in [1.82, 2.24) is 15.6 Å². The predicted molar refractivity (Wildman–Crippen MR) is 108 cm³/mol. The van der Waals surface area contributed by atoms with Crippen molar-refractivity contribution in [2.45, 2.75) is 25.2 Å². The molecule has 1 aromatic carbocycles. The molecule has 144 valence electrons. The topological polar surface area (TPSA) is 74.3 Å². The third-order valence-corrected chi connectivity index (χ3v) is 5.33. The maximum absolute atomic E-state index is 12.6. The lowest BCUT2D eigenvalue weighted by atomic mass is 9.96. The summed E-state index contributed by atoms with van der Waals surface area (Å²) in [5.74, 6) is -0.525. The second kappa shape index (κ2) is 8.25. The summed E-state index contributed by atoms with van der Waals surface area (Å²) in [6.45, 7) is 2.64. The van der Waals surface area contributed by atoms with Gasteiger partial charge in [-0.25, -0.2) is 0 Å². The average Bonchev–Trinajstić information content (AvgIpc) is 2.76. The van der Waals surface area contributed by atoms with Crippen molar-refractivity contribution >= 4 is 17.5 Å². The minimum atomic E-state index is -0.276. The summed E-state index contributed by atoms with van der Waals surface area (Å²) in [6.07, 6.45) is 8.97. The molecule has 0 aliphatic carbocycles. The number of hydrogen-bond donors (Lipinski definition) is 2. The number of aromatic nitrogens is 1. The van der Waals surface area contributed by atoms with Gasteiger partial charge in [0.05, 0.1) is 0 Å². The normalized spacial score (nSPS) is 19.6. The second-order valence-corrected chi connectivity index (χ2v) is 7.23. The molecule has 0 radical (unpaired) electrons. The Morgan fingerprint density at radius 3 is 2.46 bits per heavy atom. The number of nitrogens with one attached hydrogen (secondary N) is 2. The number of carbonyl (C=O) groups excluding carboxylic acids is 2. The van der Waals surface area contributed by atoms with Crippen LogP contribution in [-0.2, 0) is 4.79 Å². The molecule has 1 atom stereocenters. The molecular formula is C22H24N4O2. The van der Waals surface area contributed by atoms with E-state index in [0.717, 1.165) is 24.3 Å². The number of carbonyl (C=O) groups is 2. The van der Waals surface area contributed by atoms with Crippen LogP contribution in [0.25, 0.3) is 0 Å². The van der Waals surface area contributed by atoms with Crippen LogP contribution >= 0.6 is 0 Å². The summed E-state index contributed by atoms with van der Waals surface area (Å²) in [6, 6.07) is 11.4. The van der Waals surface area contributed by atoms with Crippen molar-refractivity contribution in [3.05, 3.63) is 71.7 Å². The number of anilines is 1. The van der Waals surface area contributed by atoms with Gasteiger partial charge >= 0.3 is 0 Å². The van der Waals surface area contributed by atoms with Crippen LogP contribution in [0.3, 0.4) is 0 Å². The number of nitrogens with zero attached hydrogens (tertiary/aromatic N) is 2. The zero-order valence-corrected chi connectivity index (χ0v) is 15.7. The molecule has 1 aromatic heterocycles. The molecule has 28 heavy (non-hydrogen) atoms. The van der Waals surface area contributed by atoms with E-state index in [1.807, 2.05) is 42.5 Å². The van der Waals surface area contributed by atoms with Crippen molar-refractivity contribution in [3.8, 4) is 0 Å². The fraction of sp³-hybridized carbons (Fsp3) is 0.318. The zero-order chi connectivity index (χ0) is 19.3. The van der Waals surface area contributed by atoms with E-state index >= 15 is 0 Å². The molecule has 0 bridgehead atoms. The lowest BCUT2D eigenvalue weighted by molar-refractivity contribution is -0.118. The number of hydrogen-bond acceptors (Lipinski definition) is 4. The van der Waals surface area contributed by atoms with E-state index in [4.69, 9.17) is 0 Å². The summed E-state index contributed by atoms with van der Waals surface area (Å²) in [4.78, 5) is 31.2. The highest BCUT2D eigenvalue weighted by Crippen LogP contribution is 2.22. The molecule has 1 unspecified atom stereocenters. The first kappa shape index (κ1) is 18.2. The second-order valence-electron chi connectivity index (χ2n) is 7.23. The van der Waals surface area contributed by atoms with Gasteiger partial charge in [-0.15, -0.1) is 0 Å². The molecule has 2 amide bonds. The highest BCUT2D eigenvalue weighted by atomic mass is 16.2. The molecule has 0 saturated carbocycles. The Bertz CT molecular complexity index is 871. The van der Waals surface area contributed by atoms with Crippen molar-refractivity contribution in [2.75, 3.05) is 24.5 Å². The molecule has 6 heteroatoms. The van der Waals surface area contributed by atoms with Gasteiger partial charge in [0.25, 0.3) is 11.8 Å². The first-order valence-corrected chi connectivity index (χ1v) is 9.77. The lowest BCUT2D eigenvalue weighted by Gasteiger charge is -2.28. The van der Waals surface area contributed by atoms with Crippen LogP contribution in [0.15, 0.2) is 60.6 Å². The maximum atomic E-state index is 12.6. The van der Waals surface area contributed by atoms with Gasteiger partial charge in [0.1, 0.15) is 5.70 Å². The van der Waals surface area contributed by atoms with E-state index in [1.54, 1.807) is 12.4 Å². The summed E-state index contributed by atoms with van der Waals surface area (Å²) < 4.78 is 0. The van der Waals surface area contributed by atoms with Crippen LogP contribution < -0.4 is 15.5 Å². The average molecular weight is 376 g/mol. The third-order valence-electron chi connectivity index (χ3n) is 5.33. The fourth-order valence-electron chi connectivity index (χ4n) is 3.73. The van der Waals surface area contributed by atoms with Gasteiger partial charge < -0.3 is 15.5 Å². The highest BCUT2D eigenvalue weighted by Gasteiger charge is 2.23. The standard InChI is InChI=1S/C22H24N4O2/c27-21(17-4-6-19(7-5-17)26-12-2-1-3-13-26)25-20-14-18(15-24-22(20)28)16-8-10-23-11-9-16/h4-11,14,18H,1-3,12-13,15H2,(H,24,28)(H,25,27). The van der Waals surface area contributed by atoms with Gasteiger partial charge in [0.2, 0.25) is 0 Å². The van der Waals surface area contributed by atoms with E-state index in [-0.39, 0.29) is 23.4 Å². The summed E-state index contributed by atoms with van der Waals surface area (Å²) in [7, 11) is 0. The van der Waals surface area contributed by atoms with Gasteiger partial charge in [0, 0.05) is 49.2 Å². The van der Waals surface area contributed by atoms with Crippen LogP contribution in [-0.4, -0.2) is 36.4 Å². The molecule has 0 spiro atoms. The van der Waals surface area contributed by atoms with E-state index in [0.29, 0.717) is 12.1 Å². The fourth-order valence-corrected chi connectivity index (χ4v) is 3.73. The summed E-state index contributed by atoms with van der Waals surface area (Å²) in [5.41, 5.74) is 3.02. The van der Waals surface area contributed by atoms with Crippen LogP contribution in [0.1, 0.15) is 41.1 Å². The summed E-state index contributed by atoms with van der Waals surface area (Å²) >= 11 is 0. The van der Waals surface area contributed by atoms with E-state index in [9.17, 15) is 9.59 Å². The number of pyridine rings is 1. The molecule has 6 nitrogen and oxygen atoms in total. The SMILES string of the molecule is O=C1NCC(c2ccncc2)C=C1NC(=O)c1ccc(N2CCCCC2)cc1. The number of piperidine rings is 1. The largest absolute Gasteiger partial charge is 0.372 e. The lowest BCUT2D eigenvalue weighted by Crippen LogP contribution is -2.40.